The highest BCUT2D eigenvalue weighted by Crippen LogP contribution is 2.33. The summed E-state index contributed by atoms with van der Waals surface area (Å²) >= 11 is 0. The van der Waals surface area contributed by atoms with Crippen molar-refractivity contribution in [3.63, 3.8) is 0 Å². The number of benzene rings is 1. The summed E-state index contributed by atoms with van der Waals surface area (Å²) in [6, 6.07) is 5.93. The van der Waals surface area contributed by atoms with Crippen LogP contribution in [0.1, 0.15) is 18.4 Å². The van der Waals surface area contributed by atoms with Crippen LogP contribution in [0, 0.1) is 11.3 Å². The molecule has 0 amide bonds. The Morgan fingerprint density at radius 1 is 1.47 bits per heavy atom. The van der Waals surface area contributed by atoms with E-state index in [4.69, 9.17) is 16.1 Å². The topological polar surface area (TPSA) is 107 Å². The maximum absolute atomic E-state index is 12.5. The van der Waals surface area contributed by atoms with Gasteiger partial charge < -0.3 is 10.8 Å². The largest absolute Gasteiger partial charge is 0.399 e. The summed E-state index contributed by atoms with van der Waals surface area (Å²) in [7, 11) is -3.76. The first-order valence-electron chi connectivity index (χ1n) is 5.93. The van der Waals surface area contributed by atoms with Crippen molar-refractivity contribution in [1.82, 2.24) is 4.31 Å². The molecule has 0 atom stereocenters. The van der Waals surface area contributed by atoms with Crippen molar-refractivity contribution in [2.24, 2.45) is 0 Å². The zero-order valence-electron chi connectivity index (χ0n) is 10.3. The fourth-order valence-corrected chi connectivity index (χ4v) is 3.75. The van der Waals surface area contributed by atoms with Crippen LogP contribution < -0.4 is 5.73 Å². The van der Waals surface area contributed by atoms with Gasteiger partial charge in [-0.25, -0.2) is 8.42 Å². The Kier molecular flexibility index (Phi) is 3.75. The van der Waals surface area contributed by atoms with E-state index in [1.54, 1.807) is 0 Å². The minimum absolute atomic E-state index is 0.0311. The summed E-state index contributed by atoms with van der Waals surface area (Å²) in [6.07, 6.45) is 1.58. The Balaban J connectivity index is 2.46. The number of nitrogens with zero attached hydrogens (tertiary/aromatic N) is 2. The normalized spacial score (nSPS) is 15.4. The van der Waals surface area contributed by atoms with E-state index >= 15 is 0 Å². The molecule has 7 heteroatoms. The van der Waals surface area contributed by atoms with Crippen LogP contribution >= 0.6 is 0 Å². The third-order valence-electron chi connectivity index (χ3n) is 2.99. The summed E-state index contributed by atoms with van der Waals surface area (Å²) in [4.78, 5) is -0.0513. The molecule has 1 aliphatic carbocycles. The smallest absolute Gasteiger partial charge is 0.244 e. The van der Waals surface area contributed by atoms with Crippen molar-refractivity contribution < 1.29 is 13.5 Å². The van der Waals surface area contributed by atoms with Crippen LogP contribution in [0.15, 0.2) is 23.1 Å². The molecule has 0 saturated heterocycles. The molecule has 19 heavy (non-hydrogen) atoms. The second-order valence-corrected chi connectivity index (χ2v) is 6.30. The fraction of sp³-hybridized carbons (Fsp3) is 0.417. The van der Waals surface area contributed by atoms with E-state index < -0.39 is 10.0 Å². The minimum Gasteiger partial charge on any atom is -0.399 e. The number of anilines is 1. The molecule has 1 saturated carbocycles. The zero-order chi connectivity index (χ0) is 14.0. The van der Waals surface area contributed by atoms with Crippen LogP contribution in [0.3, 0.4) is 0 Å². The van der Waals surface area contributed by atoms with Gasteiger partial charge in [0.1, 0.15) is 11.0 Å². The molecule has 1 fully saturated rings. The predicted octanol–water partition coefficient (Wildman–Crippen LogP) is 0.286. The van der Waals surface area contributed by atoms with Gasteiger partial charge in [-0.05, 0) is 31.0 Å². The van der Waals surface area contributed by atoms with Crippen LogP contribution in [0.5, 0.6) is 0 Å². The molecular formula is C12H15N3O3S. The lowest BCUT2D eigenvalue weighted by atomic mass is 10.2. The van der Waals surface area contributed by atoms with E-state index in [9.17, 15) is 8.42 Å². The summed E-state index contributed by atoms with van der Waals surface area (Å²) in [5, 5.41) is 18.0. The Morgan fingerprint density at radius 3 is 2.68 bits per heavy atom. The van der Waals surface area contributed by atoms with Crippen molar-refractivity contribution in [2.75, 3.05) is 18.9 Å². The monoisotopic (exact) mass is 281 g/mol. The molecule has 1 aromatic carbocycles. The van der Waals surface area contributed by atoms with Crippen LogP contribution in [0.25, 0.3) is 0 Å². The van der Waals surface area contributed by atoms with Crippen molar-refractivity contribution >= 4 is 15.7 Å². The lowest BCUT2D eigenvalue weighted by molar-refractivity contribution is 0.250. The Labute approximate surface area is 112 Å². The summed E-state index contributed by atoms with van der Waals surface area (Å²) in [6.45, 7) is -0.200. The Morgan fingerprint density at radius 2 is 2.16 bits per heavy atom. The van der Waals surface area contributed by atoms with E-state index in [1.165, 1.54) is 22.5 Å². The van der Waals surface area contributed by atoms with Gasteiger partial charge in [0.05, 0.1) is 12.2 Å². The third-order valence-corrected chi connectivity index (χ3v) is 5.00. The molecule has 2 rings (SSSR count). The second kappa shape index (κ2) is 5.17. The number of nitrogens with two attached hydrogens (primary N) is 1. The molecular weight excluding hydrogens is 266 g/mol. The van der Waals surface area contributed by atoms with Gasteiger partial charge >= 0.3 is 0 Å². The highest BCUT2D eigenvalue weighted by atomic mass is 32.2. The summed E-state index contributed by atoms with van der Waals surface area (Å²) in [5.74, 6) is 0. The Hall–Kier alpha value is -1.62. The lowest BCUT2D eigenvalue weighted by Crippen LogP contribution is -2.35. The molecule has 0 aromatic heterocycles. The molecule has 0 radical (unpaired) electrons. The second-order valence-electron chi connectivity index (χ2n) is 4.44. The summed E-state index contributed by atoms with van der Waals surface area (Å²) < 4.78 is 26.3. The molecule has 0 heterocycles. The number of aliphatic hydroxyl groups excluding tert-OH is 1. The maximum Gasteiger partial charge on any atom is 0.244 e. The Bertz CT molecular complexity index is 618. The highest BCUT2D eigenvalue weighted by molar-refractivity contribution is 7.89. The van der Waals surface area contributed by atoms with Crippen molar-refractivity contribution in [3.8, 4) is 6.07 Å². The standard InChI is InChI=1S/C12H15N3O3S/c13-8-9-7-10(14)1-4-12(9)19(17,18)15(5-6-16)11-2-3-11/h1,4,7,11,16H,2-3,5-6,14H2. The van der Waals surface area contributed by atoms with Gasteiger partial charge in [-0.3, -0.25) is 0 Å². The van der Waals surface area contributed by atoms with E-state index in [0.717, 1.165) is 12.8 Å². The van der Waals surface area contributed by atoms with E-state index in [2.05, 4.69) is 0 Å². The molecule has 1 aromatic rings. The SMILES string of the molecule is N#Cc1cc(N)ccc1S(=O)(=O)N(CCO)C1CC1. The van der Waals surface area contributed by atoms with Crippen molar-refractivity contribution in [1.29, 1.82) is 5.26 Å². The number of nitriles is 1. The lowest BCUT2D eigenvalue weighted by Gasteiger charge is -2.21. The first kappa shape index (κ1) is 13.8. The molecule has 3 N–H and O–H groups in total. The maximum atomic E-state index is 12.5. The van der Waals surface area contributed by atoms with Gasteiger partial charge in [0.15, 0.2) is 0 Å². The van der Waals surface area contributed by atoms with Gasteiger partial charge in [0, 0.05) is 18.3 Å². The average Bonchev–Trinajstić information content (AvgIpc) is 3.19. The van der Waals surface area contributed by atoms with Crippen molar-refractivity contribution in [2.45, 2.75) is 23.8 Å². The first-order valence-corrected chi connectivity index (χ1v) is 7.37. The van der Waals surface area contributed by atoms with Gasteiger partial charge in [0.2, 0.25) is 10.0 Å². The fourth-order valence-electron chi connectivity index (χ4n) is 1.95. The molecule has 1 aliphatic rings. The van der Waals surface area contributed by atoms with E-state index in [0.29, 0.717) is 5.69 Å². The predicted molar refractivity (Wildman–Crippen MR) is 69.6 cm³/mol. The quantitative estimate of drug-likeness (QED) is 0.754. The van der Waals surface area contributed by atoms with E-state index in [-0.39, 0.29) is 29.7 Å². The molecule has 0 spiro atoms. The minimum atomic E-state index is -3.76. The number of aliphatic hydroxyl groups is 1. The van der Waals surface area contributed by atoms with E-state index in [1.807, 2.05) is 6.07 Å². The van der Waals surface area contributed by atoms with Gasteiger partial charge in [-0.1, -0.05) is 0 Å². The molecule has 0 aliphatic heterocycles. The zero-order valence-corrected chi connectivity index (χ0v) is 11.1. The van der Waals surface area contributed by atoms with Gasteiger partial charge in [-0.2, -0.15) is 9.57 Å². The molecule has 102 valence electrons. The number of hydrogen-bond donors (Lipinski definition) is 2. The van der Waals surface area contributed by atoms with Gasteiger partial charge in [0.25, 0.3) is 0 Å². The van der Waals surface area contributed by atoms with Crippen LogP contribution in [-0.4, -0.2) is 37.0 Å². The first-order chi connectivity index (χ1) is 9.00. The van der Waals surface area contributed by atoms with Crippen LogP contribution in [0.2, 0.25) is 0 Å². The van der Waals surface area contributed by atoms with Crippen molar-refractivity contribution in [3.05, 3.63) is 23.8 Å². The molecule has 6 nitrogen and oxygen atoms in total. The number of nitrogen functional groups attached to an aromatic ring is 1. The average molecular weight is 281 g/mol. The van der Waals surface area contributed by atoms with Crippen LogP contribution in [-0.2, 0) is 10.0 Å². The molecule has 0 bridgehead atoms. The van der Waals surface area contributed by atoms with Crippen LogP contribution in [0.4, 0.5) is 5.69 Å². The highest BCUT2D eigenvalue weighted by Gasteiger charge is 2.38. The number of hydrogen-bond acceptors (Lipinski definition) is 5. The molecule has 0 unspecified atom stereocenters. The third kappa shape index (κ3) is 2.71. The number of rotatable bonds is 5. The summed E-state index contributed by atoms with van der Waals surface area (Å²) in [5.41, 5.74) is 5.93. The van der Waals surface area contributed by atoms with Gasteiger partial charge in [-0.15, -0.1) is 0 Å². The number of sulfonamides is 1.